The lowest BCUT2D eigenvalue weighted by atomic mass is 10.2. The van der Waals surface area contributed by atoms with Crippen LogP contribution in [0.4, 0.5) is 5.13 Å². The minimum absolute atomic E-state index is 0.0737. The Morgan fingerprint density at radius 3 is 3.00 bits per heavy atom. The monoisotopic (exact) mass is 274 g/mol. The Bertz CT molecular complexity index is 553. The van der Waals surface area contributed by atoms with Crippen LogP contribution in [-0.2, 0) is 4.79 Å². The SMILES string of the molecule is Cc1cc(Cl)cc2sc(NC(=O)CCl)nc12. The van der Waals surface area contributed by atoms with Crippen LogP contribution >= 0.6 is 34.5 Å². The van der Waals surface area contributed by atoms with Crippen LogP contribution in [0.2, 0.25) is 5.02 Å². The van der Waals surface area contributed by atoms with Crippen LogP contribution in [0.15, 0.2) is 12.1 Å². The first kappa shape index (κ1) is 11.6. The van der Waals surface area contributed by atoms with E-state index in [9.17, 15) is 4.79 Å². The van der Waals surface area contributed by atoms with Gasteiger partial charge in [-0.2, -0.15) is 0 Å². The van der Waals surface area contributed by atoms with E-state index in [-0.39, 0.29) is 11.8 Å². The molecule has 84 valence electrons. The first-order chi connectivity index (χ1) is 7.60. The third kappa shape index (κ3) is 2.29. The number of carbonyl (C=O) groups excluding carboxylic acids is 1. The Morgan fingerprint density at radius 2 is 2.31 bits per heavy atom. The lowest BCUT2D eigenvalue weighted by Gasteiger charge is -1.95. The quantitative estimate of drug-likeness (QED) is 0.853. The largest absolute Gasteiger partial charge is 0.301 e. The standard InChI is InChI=1S/C10H8Cl2N2OS/c1-5-2-6(12)3-7-9(5)14-10(16-7)13-8(15)4-11/h2-3H,4H2,1H3,(H,13,14,15). The predicted octanol–water partition coefficient (Wildman–Crippen LogP) is 3.44. The Balaban J connectivity index is 2.44. The zero-order valence-electron chi connectivity index (χ0n) is 8.38. The lowest BCUT2D eigenvalue weighted by molar-refractivity contribution is -0.113. The average molecular weight is 275 g/mol. The summed E-state index contributed by atoms with van der Waals surface area (Å²) < 4.78 is 0.954. The number of alkyl halides is 1. The van der Waals surface area contributed by atoms with Gasteiger partial charge in [-0.15, -0.1) is 11.6 Å². The van der Waals surface area contributed by atoms with Crippen molar-refractivity contribution in [1.29, 1.82) is 0 Å². The molecule has 0 aliphatic rings. The van der Waals surface area contributed by atoms with Crippen LogP contribution in [0, 0.1) is 6.92 Å². The minimum Gasteiger partial charge on any atom is -0.301 e. The van der Waals surface area contributed by atoms with Crippen molar-refractivity contribution in [2.24, 2.45) is 0 Å². The molecule has 0 saturated heterocycles. The number of fused-ring (bicyclic) bond motifs is 1. The number of anilines is 1. The second kappa shape index (κ2) is 4.57. The van der Waals surface area contributed by atoms with Gasteiger partial charge in [-0.25, -0.2) is 4.98 Å². The fourth-order valence-corrected chi connectivity index (χ4v) is 2.76. The molecule has 0 radical (unpaired) electrons. The van der Waals surface area contributed by atoms with E-state index in [0.717, 1.165) is 15.8 Å². The summed E-state index contributed by atoms with van der Waals surface area (Å²) in [4.78, 5) is 15.4. The molecule has 0 aliphatic carbocycles. The van der Waals surface area contributed by atoms with Gasteiger partial charge in [0.05, 0.1) is 10.2 Å². The number of aryl methyl sites for hydroxylation is 1. The van der Waals surface area contributed by atoms with Gasteiger partial charge < -0.3 is 5.32 Å². The molecule has 1 aromatic heterocycles. The van der Waals surface area contributed by atoms with E-state index in [2.05, 4.69) is 10.3 Å². The van der Waals surface area contributed by atoms with Crippen LogP contribution < -0.4 is 5.32 Å². The van der Waals surface area contributed by atoms with Crippen molar-refractivity contribution in [3.8, 4) is 0 Å². The van der Waals surface area contributed by atoms with E-state index < -0.39 is 0 Å². The average Bonchev–Trinajstić information content (AvgIpc) is 2.60. The van der Waals surface area contributed by atoms with Crippen LogP contribution in [-0.4, -0.2) is 16.8 Å². The number of hydrogen-bond acceptors (Lipinski definition) is 3. The van der Waals surface area contributed by atoms with Gasteiger partial charge in [-0.1, -0.05) is 22.9 Å². The van der Waals surface area contributed by atoms with Gasteiger partial charge in [0, 0.05) is 5.02 Å². The molecule has 0 fully saturated rings. The van der Waals surface area contributed by atoms with Gasteiger partial charge in [0.25, 0.3) is 0 Å². The second-order valence-electron chi connectivity index (χ2n) is 3.27. The van der Waals surface area contributed by atoms with E-state index in [0.29, 0.717) is 10.2 Å². The van der Waals surface area contributed by atoms with E-state index in [4.69, 9.17) is 23.2 Å². The molecule has 1 heterocycles. The van der Waals surface area contributed by atoms with Crippen LogP contribution in [0.3, 0.4) is 0 Å². The first-order valence-corrected chi connectivity index (χ1v) is 6.25. The van der Waals surface area contributed by atoms with Crippen molar-refractivity contribution in [3.63, 3.8) is 0 Å². The fourth-order valence-electron chi connectivity index (χ4n) is 1.36. The highest BCUT2D eigenvalue weighted by molar-refractivity contribution is 7.22. The van der Waals surface area contributed by atoms with Gasteiger partial charge in [0.15, 0.2) is 5.13 Å². The number of nitrogens with zero attached hydrogens (tertiary/aromatic N) is 1. The Kier molecular flexibility index (Phi) is 3.33. The van der Waals surface area contributed by atoms with Gasteiger partial charge in [-0.05, 0) is 24.6 Å². The van der Waals surface area contributed by atoms with Crippen LogP contribution in [0.25, 0.3) is 10.2 Å². The molecule has 0 bridgehead atoms. The summed E-state index contributed by atoms with van der Waals surface area (Å²) in [7, 11) is 0. The zero-order chi connectivity index (χ0) is 11.7. The summed E-state index contributed by atoms with van der Waals surface area (Å²) in [5.41, 5.74) is 1.85. The van der Waals surface area contributed by atoms with Crippen molar-refractivity contribution < 1.29 is 4.79 Å². The molecule has 0 spiro atoms. The van der Waals surface area contributed by atoms with Crippen LogP contribution in [0.5, 0.6) is 0 Å². The Morgan fingerprint density at radius 1 is 1.56 bits per heavy atom. The summed E-state index contributed by atoms with van der Waals surface area (Å²) in [6.07, 6.45) is 0. The smallest absolute Gasteiger partial charge is 0.241 e. The van der Waals surface area contributed by atoms with Crippen molar-refractivity contribution in [1.82, 2.24) is 4.98 Å². The number of aromatic nitrogens is 1. The number of benzene rings is 1. The molecular formula is C10H8Cl2N2OS. The van der Waals surface area contributed by atoms with Crippen molar-refractivity contribution >= 4 is 55.8 Å². The molecule has 2 aromatic rings. The normalized spacial score (nSPS) is 10.7. The number of amides is 1. The fraction of sp³-hybridized carbons (Fsp3) is 0.200. The number of nitrogens with one attached hydrogen (secondary N) is 1. The molecule has 1 N–H and O–H groups in total. The summed E-state index contributed by atoms with van der Waals surface area (Å²) >= 11 is 12.7. The molecule has 2 rings (SSSR count). The van der Waals surface area contributed by atoms with Crippen LogP contribution in [0.1, 0.15) is 5.56 Å². The molecule has 0 aliphatic heterocycles. The summed E-state index contributed by atoms with van der Waals surface area (Å²) in [6.45, 7) is 1.93. The van der Waals surface area contributed by atoms with Crippen molar-refractivity contribution in [2.75, 3.05) is 11.2 Å². The van der Waals surface area contributed by atoms with Crippen molar-refractivity contribution in [3.05, 3.63) is 22.7 Å². The molecule has 1 amide bonds. The lowest BCUT2D eigenvalue weighted by Crippen LogP contribution is -2.11. The highest BCUT2D eigenvalue weighted by Gasteiger charge is 2.09. The van der Waals surface area contributed by atoms with Gasteiger partial charge in [-0.3, -0.25) is 4.79 Å². The molecule has 0 atom stereocenters. The van der Waals surface area contributed by atoms with Gasteiger partial charge >= 0.3 is 0 Å². The van der Waals surface area contributed by atoms with E-state index in [1.807, 2.05) is 19.1 Å². The van der Waals surface area contributed by atoms with Crippen molar-refractivity contribution in [2.45, 2.75) is 6.92 Å². The van der Waals surface area contributed by atoms with Gasteiger partial charge in [0.1, 0.15) is 5.88 Å². The Labute approximate surface area is 106 Å². The maximum absolute atomic E-state index is 11.1. The van der Waals surface area contributed by atoms with E-state index in [1.54, 1.807) is 0 Å². The number of rotatable bonds is 2. The zero-order valence-corrected chi connectivity index (χ0v) is 10.7. The topological polar surface area (TPSA) is 42.0 Å². The molecular weight excluding hydrogens is 267 g/mol. The number of thiazole rings is 1. The molecule has 3 nitrogen and oxygen atoms in total. The number of carbonyl (C=O) groups is 1. The maximum atomic E-state index is 11.1. The molecule has 0 saturated carbocycles. The summed E-state index contributed by atoms with van der Waals surface area (Å²) in [6, 6.07) is 3.68. The molecule has 1 aromatic carbocycles. The minimum atomic E-state index is -0.260. The summed E-state index contributed by atoms with van der Waals surface area (Å²) in [5, 5.41) is 3.84. The second-order valence-corrected chi connectivity index (χ2v) is 5.00. The molecule has 6 heteroatoms. The van der Waals surface area contributed by atoms with E-state index >= 15 is 0 Å². The highest BCUT2D eigenvalue weighted by Crippen LogP contribution is 2.30. The maximum Gasteiger partial charge on any atom is 0.241 e. The molecule has 0 unspecified atom stereocenters. The highest BCUT2D eigenvalue weighted by atomic mass is 35.5. The Hall–Kier alpha value is -0.840. The number of halogens is 2. The predicted molar refractivity (Wildman–Crippen MR) is 68.7 cm³/mol. The third-order valence-corrected chi connectivity index (χ3v) is 3.40. The molecule has 16 heavy (non-hydrogen) atoms. The number of hydrogen-bond donors (Lipinski definition) is 1. The first-order valence-electron chi connectivity index (χ1n) is 4.52. The summed E-state index contributed by atoms with van der Waals surface area (Å²) in [5.74, 6) is -0.333. The third-order valence-electron chi connectivity index (χ3n) is 2.02. The van der Waals surface area contributed by atoms with Gasteiger partial charge in [0.2, 0.25) is 5.91 Å². The van der Waals surface area contributed by atoms with E-state index in [1.165, 1.54) is 11.3 Å².